The number of aryl methyl sites for hydroxylation is 2. The minimum Gasteiger partial charge on any atom is -0.408 e. The average molecular weight is 231 g/mol. The van der Waals surface area contributed by atoms with Crippen molar-refractivity contribution in [1.82, 2.24) is 10.2 Å². The molecule has 0 aliphatic heterocycles. The van der Waals surface area contributed by atoms with Crippen LogP contribution in [0.1, 0.15) is 28.7 Å². The number of anilines is 1. The summed E-state index contributed by atoms with van der Waals surface area (Å²) in [5.41, 5.74) is 1.67. The lowest BCUT2D eigenvalue weighted by atomic mass is 10.1. The number of benzene rings is 1. The number of hydrogen-bond donors (Lipinski definition) is 1. The maximum Gasteiger partial charge on any atom is 0.322 e. The van der Waals surface area contributed by atoms with Crippen LogP contribution in [-0.4, -0.2) is 16.1 Å². The van der Waals surface area contributed by atoms with Crippen LogP contribution >= 0.6 is 0 Å². The maximum atomic E-state index is 11.8. The lowest BCUT2D eigenvalue weighted by Gasteiger charge is -2.00. The average Bonchev–Trinajstić information content (AvgIpc) is 2.77. The first-order valence-electron chi connectivity index (χ1n) is 5.39. The predicted molar refractivity (Wildman–Crippen MR) is 62.8 cm³/mol. The second-order valence-electron chi connectivity index (χ2n) is 3.67. The van der Waals surface area contributed by atoms with Gasteiger partial charge in [0.1, 0.15) is 0 Å². The van der Waals surface area contributed by atoms with E-state index in [-0.39, 0.29) is 11.9 Å². The van der Waals surface area contributed by atoms with Crippen LogP contribution in [0.15, 0.2) is 28.7 Å². The molecule has 0 saturated heterocycles. The first-order valence-corrected chi connectivity index (χ1v) is 5.39. The van der Waals surface area contributed by atoms with Crippen molar-refractivity contribution in [3.8, 4) is 0 Å². The summed E-state index contributed by atoms with van der Waals surface area (Å²) < 4.78 is 5.19. The molecule has 0 radical (unpaired) electrons. The van der Waals surface area contributed by atoms with Crippen molar-refractivity contribution in [3.05, 3.63) is 41.3 Å². The molecule has 0 spiro atoms. The molecule has 17 heavy (non-hydrogen) atoms. The van der Waals surface area contributed by atoms with E-state index in [0.29, 0.717) is 17.9 Å². The standard InChI is InChI=1S/C12H13N3O2/c1-3-10-14-15-12(17-10)13-11(16)9-6-4-8(2)5-7-9/h4-7H,3H2,1-2H3,(H,13,15,16). The molecule has 2 rings (SSSR count). The van der Waals surface area contributed by atoms with Crippen LogP contribution in [0.3, 0.4) is 0 Å². The topological polar surface area (TPSA) is 68.0 Å². The van der Waals surface area contributed by atoms with E-state index in [4.69, 9.17) is 4.42 Å². The SMILES string of the molecule is CCc1nnc(NC(=O)c2ccc(C)cc2)o1. The lowest BCUT2D eigenvalue weighted by Crippen LogP contribution is -2.11. The third-order valence-corrected chi connectivity index (χ3v) is 2.30. The van der Waals surface area contributed by atoms with E-state index in [1.807, 2.05) is 26.0 Å². The maximum absolute atomic E-state index is 11.8. The number of rotatable bonds is 3. The molecule has 1 aromatic heterocycles. The van der Waals surface area contributed by atoms with Gasteiger partial charge in [0, 0.05) is 12.0 Å². The van der Waals surface area contributed by atoms with Crippen molar-refractivity contribution in [2.45, 2.75) is 20.3 Å². The predicted octanol–water partition coefficient (Wildman–Crippen LogP) is 2.19. The number of amides is 1. The summed E-state index contributed by atoms with van der Waals surface area (Å²) in [6.07, 6.45) is 0.646. The van der Waals surface area contributed by atoms with Crippen LogP contribution in [0.4, 0.5) is 6.01 Å². The molecule has 0 saturated carbocycles. The Kier molecular flexibility index (Phi) is 3.18. The van der Waals surface area contributed by atoms with E-state index in [0.717, 1.165) is 5.56 Å². The molecule has 0 atom stereocenters. The van der Waals surface area contributed by atoms with Gasteiger partial charge >= 0.3 is 6.01 Å². The highest BCUT2D eigenvalue weighted by atomic mass is 16.4. The van der Waals surface area contributed by atoms with E-state index in [2.05, 4.69) is 15.5 Å². The van der Waals surface area contributed by atoms with E-state index < -0.39 is 0 Å². The summed E-state index contributed by atoms with van der Waals surface area (Å²) in [6, 6.07) is 7.39. The Bertz CT molecular complexity index is 517. The fourth-order valence-corrected chi connectivity index (χ4v) is 1.32. The van der Waals surface area contributed by atoms with Crippen LogP contribution in [0.2, 0.25) is 0 Å². The normalized spacial score (nSPS) is 10.2. The van der Waals surface area contributed by atoms with Gasteiger partial charge in [-0.15, -0.1) is 5.10 Å². The van der Waals surface area contributed by atoms with Crippen LogP contribution in [0.25, 0.3) is 0 Å². The second-order valence-corrected chi connectivity index (χ2v) is 3.67. The van der Waals surface area contributed by atoms with Gasteiger partial charge in [-0.05, 0) is 19.1 Å². The molecule has 1 amide bonds. The van der Waals surface area contributed by atoms with Crippen molar-refractivity contribution < 1.29 is 9.21 Å². The third-order valence-electron chi connectivity index (χ3n) is 2.30. The van der Waals surface area contributed by atoms with Crippen molar-refractivity contribution in [2.24, 2.45) is 0 Å². The highest BCUT2D eigenvalue weighted by molar-refractivity contribution is 6.03. The summed E-state index contributed by atoms with van der Waals surface area (Å²) in [5.74, 6) is 0.250. The molecule has 0 fully saturated rings. The summed E-state index contributed by atoms with van der Waals surface area (Å²) in [6.45, 7) is 3.87. The van der Waals surface area contributed by atoms with Crippen LogP contribution < -0.4 is 5.32 Å². The zero-order valence-corrected chi connectivity index (χ0v) is 9.73. The van der Waals surface area contributed by atoms with Gasteiger partial charge in [-0.2, -0.15) is 0 Å². The second kappa shape index (κ2) is 4.78. The molecule has 1 N–H and O–H groups in total. The van der Waals surface area contributed by atoms with Gasteiger partial charge in [0.25, 0.3) is 5.91 Å². The summed E-state index contributed by atoms with van der Waals surface area (Å²) >= 11 is 0. The highest BCUT2D eigenvalue weighted by Crippen LogP contribution is 2.09. The van der Waals surface area contributed by atoms with Crippen LogP contribution in [0.5, 0.6) is 0 Å². The number of aromatic nitrogens is 2. The molecule has 2 aromatic rings. The van der Waals surface area contributed by atoms with E-state index in [9.17, 15) is 4.79 Å². The Morgan fingerprint density at radius 1 is 1.29 bits per heavy atom. The van der Waals surface area contributed by atoms with Gasteiger partial charge in [-0.1, -0.05) is 29.7 Å². The molecule has 0 aliphatic rings. The Morgan fingerprint density at radius 3 is 2.59 bits per heavy atom. The number of hydrogen-bond acceptors (Lipinski definition) is 4. The van der Waals surface area contributed by atoms with Crippen molar-refractivity contribution >= 4 is 11.9 Å². The quantitative estimate of drug-likeness (QED) is 0.879. The molecule has 0 aliphatic carbocycles. The van der Waals surface area contributed by atoms with Gasteiger partial charge in [0.2, 0.25) is 5.89 Å². The molecule has 0 unspecified atom stereocenters. The minimum absolute atomic E-state index is 0.132. The third kappa shape index (κ3) is 2.69. The van der Waals surface area contributed by atoms with Gasteiger partial charge in [-0.3, -0.25) is 10.1 Å². The summed E-state index contributed by atoms with van der Waals surface area (Å²) in [7, 11) is 0. The number of nitrogens with one attached hydrogen (secondary N) is 1. The van der Waals surface area contributed by atoms with E-state index in [1.165, 1.54) is 0 Å². The summed E-state index contributed by atoms with van der Waals surface area (Å²) in [4.78, 5) is 11.8. The van der Waals surface area contributed by atoms with Crippen molar-refractivity contribution in [1.29, 1.82) is 0 Å². The summed E-state index contributed by atoms with van der Waals surface area (Å²) in [5, 5.41) is 10.0. The van der Waals surface area contributed by atoms with Gasteiger partial charge in [0.05, 0.1) is 0 Å². The first kappa shape index (κ1) is 11.3. The van der Waals surface area contributed by atoms with E-state index >= 15 is 0 Å². The lowest BCUT2D eigenvalue weighted by molar-refractivity contribution is 0.102. The van der Waals surface area contributed by atoms with Crippen molar-refractivity contribution in [3.63, 3.8) is 0 Å². The largest absolute Gasteiger partial charge is 0.408 e. The number of carbonyl (C=O) groups excluding carboxylic acids is 1. The smallest absolute Gasteiger partial charge is 0.322 e. The number of nitrogens with zero attached hydrogens (tertiary/aromatic N) is 2. The zero-order valence-electron chi connectivity index (χ0n) is 9.73. The Balaban J connectivity index is 2.08. The highest BCUT2D eigenvalue weighted by Gasteiger charge is 2.10. The fraction of sp³-hybridized carbons (Fsp3) is 0.250. The van der Waals surface area contributed by atoms with E-state index in [1.54, 1.807) is 12.1 Å². The number of carbonyl (C=O) groups is 1. The molecule has 1 heterocycles. The van der Waals surface area contributed by atoms with Crippen LogP contribution in [0, 0.1) is 6.92 Å². The van der Waals surface area contributed by atoms with Gasteiger partial charge in [0.15, 0.2) is 0 Å². The van der Waals surface area contributed by atoms with Gasteiger partial charge in [-0.25, -0.2) is 0 Å². The Morgan fingerprint density at radius 2 is 2.00 bits per heavy atom. The molecule has 0 bridgehead atoms. The zero-order chi connectivity index (χ0) is 12.3. The molecule has 1 aromatic carbocycles. The molecule has 5 nitrogen and oxygen atoms in total. The Labute approximate surface area is 98.9 Å². The van der Waals surface area contributed by atoms with Gasteiger partial charge < -0.3 is 4.42 Å². The first-order chi connectivity index (χ1) is 8.19. The molecular formula is C12H13N3O2. The van der Waals surface area contributed by atoms with Crippen molar-refractivity contribution in [2.75, 3.05) is 5.32 Å². The minimum atomic E-state index is -0.253. The molecular weight excluding hydrogens is 218 g/mol. The fourth-order valence-electron chi connectivity index (χ4n) is 1.32. The molecule has 5 heteroatoms. The Hall–Kier alpha value is -2.17. The van der Waals surface area contributed by atoms with Crippen LogP contribution in [-0.2, 0) is 6.42 Å². The monoisotopic (exact) mass is 231 g/mol. The molecule has 88 valence electrons.